The zero-order chi connectivity index (χ0) is 15.8. The van der Waals surface area contributed by atoms with Crippen LogP contribution in [0.5, 0.6) is 5.75 Å². The number of β-amino-alcohol motifs (C(OH)–C–C–N with tert-alkyl or cyclic N) is 1. The fraction of sp³-hybridized carbons (Fsp3) is 0.538. The molecule has 2 rings (SSSR count). The van der Waals surface area contributed by atoms with Gasteiger partial charge >= 0.3 is 0 Å². The Balaban J connectivity index is 2.45. The number of piperidine rings is 1. The Bertz CT molecular complexity index is 637. The summed E-state index contributed by atoms with van der Waals surface area (Å²) in [5.74, 6) is 0.303. The monoisotopic (exact) mass is 397 g/mol. The maximum atomic E-state index is 12.8. The summed E-state index contributed by atoms with van der Waals surface area (Å²) in [6.07, 6.45) is -0.0492. The van der Waals surface area contributed by atoms with E-state index in [1.54, 1.807) is 6.07 Å². The highest BCUT2D eigenvalue weighted by atomic mass is 79.9. The molecule has 1 heterocycles. The first-order valence-corrected chi connectivity index (χ1v) is 9.09. The van der Waals surface area contributed by atoms with E-state index in [1.165, 1.54) is 17.5 Å². The van der Waals surface area contributed by atoms with Crippen LogP contribution in [0.1, 0.15) is 13.3 Å². The summed E-state index contributed by atoms with van der Waals surface area (Å²) in [4.78, 5) is 0.00567. The van der Waals surface area contributed by atoms with Crippen LogP contribution < -0.4 is 4.74 Å². The molecule has 21 heavy (non-hydrogen) atoms. The van der Waals surface area contributed by atoms with Crippen LogP contribution in [-0.2, 0) is 10.0 Å². The van der Waals surface area contributed by atoms with Crippen molar-refractivity contribution in [3.05, 3.63) is 21.6 Å². The maximum Gasteiger partial charge on any atom is 0.246 e. The van der Waals surface area contributed by atoms with Gasteiger partial charge in [-0.25, -0.2) is 8.42 Å². The smallest absolute Gasteiger partial charge is 0.246 e. The van der Waals surface area contributed by atoms with Gasteiger partial charge in [-0.15, -0.1) is 0 Å². The van der Waals surface area contributed by atoms with Crippen LogP contribution in [0.2, 0.25) is 5.02 Å². The standard InChI is InChI=1S/C13H17BrClNO4S/c1-8-3-4-16(7-11(8)17)21(18,19)12-6-9(15)5-10(14)13(12)20-2/h5-6,8,11,17H,3-4,7H2,1-2H3. The Morgan fingerprint density at radius 2 is 2.14 bits per heavy atom. The Kier molecular flexibility index (Phi) is 5.20. The summed E-state index contributed by atoms with van der Waals surface area (Å²) >= 11 is 9.21. The second-order valence-corrected chi connectivity index (χ2v) is 8.31. The third-order valence-corrected chi connectivity index (χ3v) is 6.36. The molecule has 0 bridgehead atoms. The third kappa shape index (κ3) is 3.37. The molecule has 2 atom stereocenters. The van der Waals surface area contributed by atoms with Gasteiger partial charge in [-0.05, 0) is 40.4 Å². The minimum absolute atomic E-state index is 0.00567. The SMILES string of the molecule is COc1c(Br)cc(Cl)cc1S(=O)(=O)N1CCC(C)C(O)C1. The van der Waals surface area contributed by atoms with Gasteiger partial charge < -0.3 is 9.84 Å². The molecule has 0 aliphatic carbocycles. The number of methoxy groups -OCH3 is 1. The van der Waals surface area contributed by atoms with Crippen molar-refractivity contribution in [2.45, 2.75) is 24.3 Å². The second kappa shape index (κ2) is 6.42. The maximum absolute atomic E-state index is 12.8. The van der Waals surface area contributed by atoms with Crippen molar-refractivity contribution in [3.8, 4) is 5.75 Å². The van der Waals surface area contributed by atoms with Gasteiger partial charge in [0.05, 0.1) is 17.7 Å². The Hall–Kier alpha value is -0.340. The third-order valence-electron chi connectivity index (χ3n) is 3.68. The summed E-state index contributed by atoms with van der Waals surface area (Å²) in [6.45, 7) is 2.36. The van der Waals surface area contributed by atoms with Crippen LogP contribution >= 0.6 is 27.5 Å². The fourth-order valence-electron chi connectivity index (χ4n) is 2.30. The van der Waals surface area contributed by atoms with Gasteiger partial charge in [0, 0.05) is 18.1 Å². The van der Waals surface area contributed by atoms with E-state index in [4.69, 9.17) is 16.3 Å². The molecule has 0 saturated carbocycles. The molecule has 5 nitrogen and oxygen atoms in total. The van der Waals surface area contributed by atoms with Crippen LogP contribution in [0.4, 0.5) is 0 Å². The topological polar surface area (TPSA) is 66.8 Å². The minimum Gasteiger partial charge on any atom is -0.494 e. The van der Waals surface area contributed by atoms with E-state index in [0.717, 1.165) is 0 Å². The number of hydrogen-bond donors (Lipinski definition) is 1. The minimum atomic E-state index is -3.77. The molecule has 1 aromatic rings. The highest BCUT2D eigenvalue weighted by molar-refractivity contribution is 9.10. The van der Waals surface area contributed by atoms with E-state index >= 15 is 0 Å². The predicted molar refractivity (Wildman–Crippen MR) is 84.3 cm³/mol. The molecule has 0 radical (unpaired) electrons. The van der Waals surface area contributed by atoms with Crippen molar-refractivity contribution in [2.24, 2.45) is 5.92 Å². The highest BCUT2D eigenvalue weighted by Gasteiger charge is 2.35. The molecule has 1 aliphatic heterocycles. The lowest BCUT2D eigenvalue weighted by molar-refractivity contribution is 0.0604. The number of ether oxygens (including phenoxy) is 1. The predicted octanol–water partition coefficient (Wildman–Crippen LogP) is 2.50. The molecule has 1 fully saturated rings. The van der Waals surface area contributed by atoms with Crippen molar-refractivity contribution in [3.63, 3.8) is 0 Å². The number of sulfonamides is 1. The van der Waals surface area contributed by atoms with E-state index in [1.807, 2.05) is 6.92 Å². The van der Waals surface area contributed by atoms with E-state index in [0.29, 0.717) is 22.5 Å². The normalized spacial score (nSPS) is 24.0. The number of rotatable bonds is 3. The van der Waals surface area contributed by atoms with Crippen LogP contribution in [0.25, 0.3) is 0 Å². The van der Waals surface area contributed by atoms with E-state index < -0.39 is 16.1 Å². The molecule has 1 saturated heterocycles. The number of hydrogen-bond acceptors (Lipinski definition) is 4. The van der Waals surface area contributed by atoms with Gasteiger partial charge in [0.25, 0.3) is 0 Å². The quantitative estimate of drug-likeness (QED) is 0.849. The Morgan fingerprint density at radius 3 is 2.71 bits per heavy atom. The summed E-state index contributed by atoms with van der Waals surface area (Å²) < 4.78 is 32.5. The van der Waals surface area contributed by atoms with Crippen molar-refractivity contribution >= 4 is 37.6 Å². The zero-order valence-corrected chi connectivity index (χ0v) is 14.9. The van der Waals surface area contributed by atoms with E-state index in [2.05, 4.69) is 15.9 Å². The number of aliphatic hydroxyl groups is 1. The van der Waals surface area contributed by atoms with Crippen LogP contribution in [0, 0.1) is 5.92 Å². The zero-order valence-electron chi connectivity index (χ0n) is 11.7. The van der Waals surface area contributed by atoms with Crippen LogP contribution in [-0.4, -0.2) is 44.1 Å². The number of halogens is 2. The first kappa shape index (κ1) is 17.0. The number of aliphatic hydroxyl groups excluding tert-OH is 1. The molecule has 1 N–H and O–H groups in total. The molecule has 0 amide bonds. The molecule has 118 valence electrons. The first-order chi connectivity index (χ1) is 9.77. The van der Waals surface area contributed by atoms with Crippen molar-refractivity contribution in [2.75, 3.05) is 20.2 Å². The lowest BCUT2D eigenvalue weighted by Crippen LogP contribution is -2.45. The van der Waals surface area contributed by atoms with E-state index in [-0.39, 0.29) is 23.1 Å². The van der Waals surface area contributed by atoms with Gasteiger partial charge in [0.15, 0.2) is 5.75 Å². The molecule has 0 aromatic heterocycles. The van der Waals surface area contributed by atoms with Crippen molar-refractivity contribution in [1.82, 2.24) is 4.31 Å². The molecule has 1 aliphatic rings. The van der Waals surface area contributed by atoms with Gasteiger partial charge in [-0.3, -0.25) is 0 Å². The summed E-state index contributed by atoms with van der Waals surface area (Å²) in [7, 11) is -2.37. The van der Waals surface area contributed by atoms with Gasteiger partial charge in [-0.1, -0.05) is 18.5 Å². The summed E-state index contributed by atoms with van der Waals surface area (Å²) in [6, 6.07) is 2.94. The number of benzene rings is 1. The molecular formula is C13H17BrClNO4S. The van der Waals surface area contributed by atoms with E-state index in [9.17, 15) is 13.5 Å². The largest absolute Gasteiger partial charge is 0.494 e. The molecular weight excluding hydrogens is 382 g/mol. The lowest BCUT2D eigenvalue weighted by atomic mass is 9.98. The van der Waals surface area contributed by atoms with Gasteiger partial charge in [0.1, 0.15) is 4.90 Å². The fourth-order valence-corrected chi connectivity index (χ4v) is 5.15. The molecule has 0 spiro atoms. The van der Waals surface area contributed by atoms with Crippen molar-refractivity contribution in [1.29, 1.82) is 0 Å². The average molecular weight is 399 g/mol. The van der Waals surface area contributed by atoms with Crippen molar-refractivity contribution < 1.29 is 18.3 Å². The summed E-state index contributed by atoms with van der Waals surface area (Å²) in [5.41, 5.74) is 0. The molecule has 1 aromatic carbocycles. The molecule has 2 unspecified atom stereocenters. The van der Waals surface area contributed by atoms with Gasteiger partial charge in [-0.2, -0.15) is 4.31 Å². The lowest BCUT2D eigenvalue weighted by Gasteiger charge is -2.33. The van der Waals surface area contributed by atoms with Crippen LogP contribution in [0.15, 0.2) is 21.5 Å². The van der Waals surface area contributed by atoms with Gasteiger partial charge in [0.2, 0.25) is 10.0 Å². The second-order valence-electron chi connectivity index (χ2n) is 5.12. The Morgan fingerprint density at radius 1 is 1.48 bits per heavy atom. The summed E-state index contributed by atoms with van der Waals surface area (Å²) in [5, 5.41) is 10.2. The first-order valence-electron chi connectivity index (χ1n) is 6.48. The molecule has 8 heteroatoms. The average Bonchev–Trinajstić information content (AvgIpc) is 2.41. The highest BCUT2D eigenvalue weighted by Crippen LogP contribution is 2.37. The van der Waals surface area contributed by atoms with Crippen LogP contribution in [0.3, 0.4) is 0 Å². The number of nitrogens with zero attached hydrogens (tertiary/aromatic N) is 1. The Labute approximate surface area is 138 Å².